The van der Waals surface area contributed by atoms with Gasteiger partial charge in [-0.2, -0.15) is 0 Å². The van der Waals surface area contributed by atoms with Gasteiger partial charge in [0.15, 0.2) is 0 Å². The number of piperidine rings is 1. The van der Waals surface area contributed by atoms with Crippen LogP contribution in [-0.4, -0.2) is 50.2 Å². The summed E-state index contributed by atoms with van der Waals surface area (Å²) in [6, 6.07) is 10.1. The van der Waals surface area contributed by atoms with Crippen LogP contribution >= 0.6 is 0 Å². The van der Waals surface area contributed by atoms with E-state index in [0.717, 1.165) is 5.69 Å². The molecule has 0 atom stereocenters. The summed E-state index contributed by atoms with van der Waals surface area (Å²) in [5.74, 6) is -0.259. The SMILES string of the molecule is Nc1c(-c2nc3cc(NC4CCN(C(=O)O)CC4)ccc3[nH]2)c(=O)[nH]c2cccc(F)c12. The van der Waals surface area contributed by atoms with Crippen LogP contribution in [0.2, 0.25) is 0 Å². The van der Waals surface area contributed by atoms with Crippen LogP contribution in [0.1, 0.15) is 12.8 Å². The Labute approximate surface area is 181 Å². The average Bonchev–Trinajstić information content (AvgIpc) is 3.16. The number of pyridine rings is 1. The number of carboxylic acid groups (broad SMARTS) is 1. The number of H-pyrrole nitrogens is 2. The molecule has 0 radical (unpaired) electrons. The van der Waals surface area contributed by atoms with Crippen molar-refractivity contribution in [2.45, 2.75) is 18.9 Å². The number of nitrogens with one attached hydrogen (secondary N) is 3. The van der Waals surface area contributed by atoms with E-state index in [9.17, 15) is 14.0 Å². The first-order valence-corrected chi connectivity index (χ1v) is 10.3. The number of aromatic nitrogens is 3. The molecule has 1 fully saturated rings. The van der Waals surface area contributed by atoms with Gasteiger partial charge in [-0.15, -0.1) is 0 Å². The molecule has 6 N–H and O–H groups in total. The number of nitrogens with zero attached hydrogens (tertiary/aromatic N) is 2. The lowest BCUT2D eigenvalue weighted by Gasteiger charge is -2.31. The molecule has 2 aromatic heterocycles. The number of nitrogen functional groups attached to an aromatic ring is 1. The molecular formula is C22H21FN6O3. The van der Waals surface area contributed by atoms with Gasteiger partial charge in [-0.1, -0.05) is 6.07 Å². The predicted molar refractivity (Wildman–Crippen MR) is 120 cm³/mol. The fraction of sp³-hybridized carbons (Fsp3) is 0.227. The molecule has 0 aliphatic carbocycles. The first kappa shape index (κ1) is 19.9. The molecule has 0 saturated carbocycles. The second-order valence-corrected chi connectivity index (χ2v) is 7.91. The van der Waals surface area contributed by atoms with E-state index >= 15 is 0 Å². The standard InChI is InChI=1S/C22H21FN6O3/c23-13-2-1-3-15-17(13)19(24)18(21(30)28-15)20-26-14-5-4-12(10-16(14)27-20)25-11-6-8-29(9-7-11)22(31)32/h1-5,10-11,25H,6-9H2,(H,26,27)(H,31,32)(H3,24,28,30). The highest BCUT2D eigenvalue weighted by Crippen LogP contribution is 2.30. The highest BCUT2D eigenvalue weighted by atomic mass is 19.1. The fourth-order valence-electron chi connectivity index (χ4n) is 4.23. The third-order valence-corrected chi connectivity index (χ3v) is 5.88. The molecule has 1 amide bonds. The van der Waals surface area contributed by atoms with Crippen LogP contribution in [0.15, 0.2) is 41.2 Å². The van der Waals surface area contributed by atoms with E-state index in [1.54, 1.807) is 6.07 Å². The van der Waals surface area contributed by atoms with Crippen LogP contribution in [0.25, 0.3) is 33.3 Å². The van der Waals surface area contributed by atoms with Crippen LogP contribution in [0.5, 0.6) is 0 Å². The summed E-state index contributed by atoms with van der Waals surface area (Å²) in [4.78, 5) is 35.4. The van der Waals surface area contributed by atoms with E-state index < -0.39 is 17.5 Å². The monoisotopic (exact) mass is 436 g/mol. The van der Waals surface area contributed by atoms with E-state index in [1.165, 1.54) is 17.0 Å². The second-order valence-electron chi connectivity index (χ2n) is 7.91. The van der Waals surface area contributed by atoms with Gasteiger partial charge < -0.3 is 31.0 Å². The number of nitrogens with two attached hydrogens (primary N) is 1. The maximum absolute atomic E-state index is 14.3. The van der Waals surface area contributed by atoms with Gasteiger partial charge in [0.25, 0.3) is 5.56 Å². The van der Waals surface area contributed by atoms with Gasteiger partial charge in [-0.25, -0.2) is 14.2 Å². The Morgan fingerprint density at radius 2 is 1.97 bits per heavy atom. The normalized spacial score (nSPS) is 14.8. The van der Waals surface area contributed by atoms with Crippen molar-refractivity contribution >= 4 is 39.4 Å². The molecule has 1 aliphatic rings. The lowest BCUT2D eigenvalue weighted by molar-refractivity contribution is 0.134. The maximum atomic E-state index is 14.3. The first-order chi connectivity index (χ1) is 15.4. The second kappa shape index (κ2) is 7.56. The van der Waals surface area contributed by atoms with Gasteiger partial charge >= 0.3 is 6.09 Å². The number of likely N-dealkylation sites (tertiary alicyclic amines) is 1. The summed E-state index contributed by atoms with van der Waals surface area (Å²) in [6.07, 6.45) is 0.534. The predicted octanol–water partition coefficient (Wildman–Crippen LogP) is 3.35. The van der Waals surface area contributed by atoms with Crippen LogP contribution in [0.4, 0.5) is 20.6 Å². The number of benzene rings is 2. The number of hydrogen-bond donors (Lipinski definition) is 5. The van der Waals surface area contributed by atoms with Gasteiger partial charge in [0, 0.05) is 24.8 Å². The van der Waals surface area contributed by atoms with Crippen LogP contribution in [-0.2, 0) is 0 Å². The van der Waals surface area contributed by atoms with E-state index in [0.29, 0.717) is 42.5 Å². The summed E-state index contributed by atoms with van der Waals surface area (Å²) in [7, 11) is 0. The smallest absolute Gasteiger partial charge is 0.407 e. The topological polar surface area (TPSA) is 140 Å². The van der Waals surface area contributed by atoms with Gasteiger partial charge in [0.1, 0.15) is 17.2 Å². The minimum atomic E-state index is -0.892. The molecule has 9 nitrogen and oxygen atoms in total. The summed E-state index contributed by atoms with van der Waals surface area (Å²) in [5, 5.41) is 12.7. The van der Waals surface area contributed by atoms with E-state index in [2.05, 4.69) is 20.3 Å². The number of aromatic amines is 2. The Kier molecular flexibility index (Phi) is 4.69. The molecule has 2 aromatic carbocycles. The van der Waals surface area contributed by atoms with Crippen molar-refractivity contribution in [3.8, 4) is 11.4 Å². The molecule has 1 aliphatic heterocycles. The van der Waals surface area contributed by atoms with Crippen molar-refractivity contribution in [2.24, 2.45) is 0 Å². The van der Waals surface area contributed by atoms with Crippen molar-refractivity contribution in [1.29, 1.82) is 0 Å². The maximum Gasteiger partial charge on any atom is 0.407 e. The quantitative estimate of drug-likeness (QED) is 0.334. The molecule has 10 heteroatoms. The molecule has 32 heavy (non-hydrogen) atoms. The zero-order valence-electron chi connectivity index (χ0n) is 17.0. The number of anilines is 2. The lowest BCUT2D eigenvalue weighted by atomic mass is 10.0. The van der Waals surface area contributed by atoms with Crippen molar-refractivity contribution in [1.82, 2.24) is 19.9 Å². The van der Waals surface area contributed by atoms with Crippen molar-refractivity contribution in [3.05, 3.63) is 52.6 Å². The minimum Gasteiger partial charge on any atom is -0.465 e. The highest BCUT2D eigenvalue weighted by molar-refractivity contribution is 5.98. The number of fused-ring (bicyclic) bond motifs is 2. The average molecular weight is 436 g/mol. The Bertz CT molecular complexity index is 1400. The first-order valence-electron chi connectivity index (χ1n) is 10.3. The summed E-state index contributed by atoms with van der Waals surface area (Å²) < 4.78 is 14.3. The Hall–Kier alpha value is -4.08. The highest BCUT2D eigenvalue weighted by Gasteiger charge is 2.22. The zero-order chi connectivity index (χ0) is 22.4. The van der Waals surface area contributed by atoms with E-state index in [1.807, 2.05) is 18.2 Å². The summed E-state index contributed by atoms with van der Waals surface area (Å²) in [5.41, 5.74) is 8.35. The molecule has 0 unspecified atom stereocenters. The minimum absolute atomic E-state index is 0.0319. The number of hydrogen-bond acceptors (Lipinski definition) is 5. The molecule has 1 saturated heterocycles. The van der Waals surface area contributed by atoms with E-state index in [4.69, 9.17) is 10.8 Å². The fourth-order valence-corrected chi connectivity index (χ4v) is 4.23. The Morgan fingerprint density at radius 3 is 2.72 bits per heavy atom. The lowest BCUT2D eigenvalue weighted by Crippen LogP contribution is -2.41. The zero-order valence-corrected chi connectivity index (χ0v) is 17.0. The van der Waals surface area contributed by atoms with Crippen LogP contribution in [0, 0.1) is 5.82 Å². The van der Waals surface area contributed by atoms with Crippen LogP contribution in [0.3, 0.4) is 0 Å². The van der Waals surface area contributed by atoms with E-state index in [-0.39, 0.29) is 28.5 Å². The number of amides is 1. The summed E-state index contributed by atoms with van der Waals surface area (Å²) in [6.45, 7) is 0.977. The third-order valence-electron chi connectivity index (χ3n) is 5.88. The Morgan fingerprint density at radius 1 is 1.19 bits per heavy atom. The number of rotatable bonds is 3. The largest absolute Gasteiger partial charge is 0.465 e. The molecular weight excluding hydrogens is 415 g/mol. The molecule has 0 spiro atoms. The van der Waals surface area contributed by atoms with Gasteiger partial charge in [0.05, 0.1) is 27.6 Å². The van der Waals surface area contributed by atoms with Crippen molar-refractivity contribution in [2.75, 3.05) is 24.1 Å². The number of imidazole rings is 1. The Balaban J connectivity index is 1.46. The molecule has 4 aromatic rings. The molecule has 164 valence electrons. The number of halogens is 1. The van der Waals surface area contributed by atoms with Crippen molar-refractivity contribution in [3.63, 3.8) is 0 Å². The third kappa shape index (κ3) is 3.39. The van der Waals surface area contributed by atoms with Gasteiger partial charge in [0.2, 0.25) is 0 Å². The van der Waals surface area contributed by atoms with Gasteiger partial charge in [-0.3, -0.25) is 4.79 Å². The van der Waals surface area contributed by atoms with Gasteiger partial charge in [-0.05, 0) is 43.2 Å². The molecule has 0 bridgehead atoms. The summed E-state index contributed by atoms with van der Waals surface area (Å²) >= 11 is 0. The molecule has 3 heterocycles. The van der Waals surface area contributed by atoms with Crippen molar-refractivity contribution < 1.29 is 14.3 Å². The van der Waals surface area contributed by atoms with Crippen LogP contribution < -0.4 is 16.6 Å². The number of carbonyl (C=O) groups is 1. The molecule has 5 rings (SSSR count).